The number of amides is 1. The normalized spacial score (nSPS) is 12.1. The first-order chi connectivity index (χ1) is 9.70. The molecule has 0 spiro atoms. The van der Waals surface area contributed by atoms with Crippen LogP contribution in [-0.4, -0.2) is 17.6 Å². The number of aliphatic hydroxyl groups is 1. The Hall–Kier alpha value is -1.69. The van der Waals surface area contributed by atoms with Gasteiger partial charge in [0.05, 0.1) is 18.3 Å². The van der Waals surface area contributed by atoms with Crippen LogP contribution in [-0.2, 0) is 11.3 Å². The van der Waals surface area contributed by atoms with Crippen LogP contribution in [0.4, 0.5) is 5.69 Å². The summed E-state index contributed by atoms with van der Waals surface area (Å²) in [5, 5.41) is 17.6. The van der Waals surface area contributed by atoms with Gasteiger partial charge in [-0.25, -0.2) is 0 Å². The van der Waals surface area contributed by atoms with Gasteiger partial charge in [-0.2, -0.15) is 0 Å². The van der Waals surface area contributed by atoms with Crippen molar-refractivity contribution in [2.24, 2.45) is 0 Å². The van der Waals surface area contributed by atoms with Gasteiger partial charge in [-0.05, 0) is 17.0 Å². The van der Waals surface area contributed by atoms with Crippen molar-refractivity contribution in [2.45, 2.75) is 19.5 Å². The molecule has 3 N–H and O–H groups in total. The molecule has 106 valence electrons. The van der Waals surface area contributed by atoms with Crippen LogP contribution in [0.15, 0.2) is 41.8 Å². The maximum atomic E-state index is 11.1. The number of hydrogen-bond donors (Lipinski definition) is 3. The Morgan fingerprint density at radius 1 is 1.30 bits per heavy atom. The van der Waals surface area contributed by atoms with Crippen LogP contribution in [0.5, 0.6) is 0 Å². The summed E-state index contributed by atoms with van der Waals surface area (Å²) in [4.78, 5) is 12.2. The van der Waals surface area contributed by atoms with Crippen molar-refractivity contribution in [2.75, 3.05) is 11.9 Å². The summed E-state index contributed by atoms with van der Waals surface area (Å²) >= 11 is 1.58. The predicted molar refractivity (Wildman–Crippen MR) is 81.7 cm³/mol. The molecule has 0 aliphatic carbocycles. The molecule has 0 fully saturated rings. The number of carbonyl (C=O) groups excluding carboxylic acids is 1. The van der Waals surface area contributed by atoms with Gasteiger partial charge in [-0.15, -0.1) is 11.3 Å². The van der Waals surface area contributed by atoms with Crippen molar-refractivity contribution in [1.29, 1.82) is 0 Å². The largest absolute Gasteiger partial charge is 0.394 e. The van der Waals surface area contributed by atoms with E-state index in [1.807, 2.05) is 41.8 Å². The van der Waals surface area contributed by atoms with E-state index in [1.165, 1.54) is 6.92 Å². The molecule has 2 aromatic rings. The molecule has 1 aromatic carbocycles. The number of aliphatic hydroxyl groups excluding tert-OH is 1. The van der Waals surface area contributed by atoms with Crippen molar-refractivity contribution in [3.05, 3.63) is 52.2 Å². The Morgan fingerprint density at radius 2 is 2.05 bits per heavy atom. The minimum absolute atomic E-state index is 0.0326. The molecule has 0 aliphatic rings. The van der Waals surface area contributed by atoms with E-state index in [-0.39, 0.29) is 18.6 Å². The highest BCUT2D eigenvalue weighted by atomic mass is 32.1. The second kappa shape index (κ2) is 7.19. The van der Waals surface area contributed by atoms with E-state index in [0.29, 0.717) is 6.54 Å². The van der Waals surface area contributed by atoms with E-state index < -0.39 is 0 Å². The van der Waals surface area contributed by atoms with Crippen molar-refractivity contribution < 1.29 is 9.90 Å². The maximum Gasteiger partial charge on any atom is 0.221 e. The Kier molecular flexibility index (Phi) is 5.29. The summed E-state index contributed by atoms with van der Waals surface area (Å²) < 4.78 is 0. The molecule has 0 radical (unpaired) electrons. The number of anilines is 1. The molecule has 5 heteroatoms. The van der Waals surface area contributed by atoms with Gasteiger partial charge in [0, 0.05) is 18.3 Å². The van der Waals surface area contributed by atoms with E-state index in [4.69, 9.17) is 0 Å². The lowest BCUT2D eigenvalue weighted by molar-refractivity contribution is -0.114. The van der Waals surface area contributed by atoms with E-state index >= 15 is 0 Å². The number of thiophene rings is 1. The second-order valence-electron chi connectivity index (χ2n) is 4.47. The van der Waals surface area contributed by atoms with Crippen molar-refractivity contribution in [1.82, 2.24) is 5.32 Å². The van der Waals surface area contributed by atoms with Gasteiger partial charge in [0.25, 0.3) is 0 Å². The van der Waals surface area contributed by atoms with Crippen LogP contribution in [0.2, 0.25) is 0 Å². The standard InChI is InChI=1S/C15H18N2O2S/c1-11(19)17-13-7-8-20-15(13)9-16-14(10-18)12-5-3-2-4-6-12/h2-8,14,16,18H,9-10H2,1H3,(H,17,19)/t14-/m1/s1. The summed E-state index contributed by atoms with van der Waals surface area (Å²) in [6.45, 7) is 2.13. The molecule has 20 heavy (non-hydrogen) atoms. The van der Waals surface area contributed by atoms with E-state index in [9.17, 15) is 9.90 Å². The molecule has 0 bridgehead atoms. The third kappa shape index (κ3) is 3.90. The number of hydrogen-bond acceptors (Lipinski definition) is 4. The third-order valence-corrected chi connectivity index (χ3v) is 3.87. The van der Waals surface area contributed by atoms with Crippen LogP contribution in [0.1, 0.15) is 23.4 Å². The minimum Gasteiger partial charge on any atom is -0.394 e. The first-order valence-corrected chi connectivity index (χ1v) is 7.32. The SMILES string of the molecule is CC(=O)Nc1ccsc1CN[C@H](CO)c1ccccc1. The average molecular weight is 290 g/mol. The Labute approximate surface area is 122 Å². The Bertz CT molecular complexity index is 554. The lowest BCUT2D eigenvalue weighted by Gasteiger charge is -2.16. The zero-order valence-electron chi connectivity index (χ0n) is 11.3. The van der Waals surface area contributed by atoms with Crippen LogP contribution in [0.3, 0.4) is 0 Å². The maximum absolute atomic E-state index is 11.1. The number of rotatable bonds is 6. The zero-order valence-corrected chi connectivity index (χ0v) is 12.1. The summed E-state index contributed by atoms with van der Waals surface area (Å²) in [5.41, 5.74) is 1.88. The van der Waals surface area contributed by atoms with Gasteiger partial charge in [0.15, 0.2) is 0 Å². The minimum atomic E-state index is -0.108. The fraction of sp³-hybridized carbons (Fsp3) is 0.267. The first-order valence-electron chi connectivity index (χ1n) is 6.44. The molecule has 0 saturated carbocycles. The molecule has 0 saturated heterocycles. The smallest absolute Gasteiger partial charge is 0.221 e. The number of nitrogens with one attached hydrogen (secondary N) is 2. The molecular weight excluding hydrogens is 272 g/mol. The van der Waals surface area contributed by atoms with Crippen molar-refractivity contribution >= 4 is 22.9 Å². The molecule has 1 aromatic heterocycles. The zero-order chi connectivity index (χ0) is 14.4. The molecule has 1 amide bonds. The van der Waals surface area contributed by atoms with Crippen LogP contribution >= 0.6 is 11.3 Å². The molecule has 1 atom stereocenters. The highest BCUT2D eigenvalue weighted by Gasteiger charge is 2.11. The fourth-order valence-corrected chi connectivity index (χ4v) is 2.75. The van der Waals surface area contributed by atoms with Gasteiger partial charge < -0.3 is 15.7 Å². The average Bonchev–Trinajstić information content (AvgIpc) is 2.87. The van der Waals surface area contributed by atoms with Crippen LogP contribution in [0.25, 0.3) is 0 Å². The Morgan fingerprint density at radius 3 is 2.70 bits per heavy atom. The topological polar surface area (TPSA) is 61.4 Å². The first kappa shape index (κ1) is 14.7. The van der Waals surface area contributed by atoms with Crippen molar-refractivity contribution in [3.63, 3.8) is 0 Å². The monoisotopic (exact) mass is 290 g/mol. The molecule has 2 rings (SSSR count). The second-order valence-corrected chi connectivity index (χ2v) is 5.47. The summed E-state index contributed by atoms with van der Waals surface area (Å²) in [5.74, 6) is -0.0774. The molecule has 1 heterocycles. The number of carbonyl (C=O) groups is 1. The van der Waals surface area contributed by atoms with Gasteiger partial charge in [-0.1, -0.05) is 30.3 Å². The Balaban J connectivity index is 2.00. The van der Waals surface area contributed by atoms with E-state index in [2.05, 4.69) is 10.6 Å². The van der Waals surface area contributed by atoms with Gasteiger partial charge in [0.1, 0.15) is 0 Å². The summed E-state index contributed by atoms with van der Waals surface area (Å²) in [6.07, 6.45) is 0. The lowest BCUT2D eigenvalue weighted by Crippen LogP contribution is -2.24. The van der Waals surface area contributed by atoms with Crippen molar-refractivity contribution in [3.8, 4) is 0 Å². The quantitative estimate of drug-likeness (QED) is 0.766. The van der Waals surface area contributed by atoms with Gasteiger partial charge >= 0.3 is 0 Å². The summed E-state index contributed by atoms with van der Waals surface area (Å²) in [6, 6.07) is 11.6. The lowest BCUT2D eigenvalue weighted by atomic mass is 10.1. The van der Waals surface area contributed by atoms with E-state index in [1.54, 1.807) is 11.3 Å². The predicted octanol–water partition coefficient (Wildman–Crippen LogP) is 2.53. The molecule has 0 aliphatic heterocycles. The summed E-state index contributed by atoms with van der Waals surface area (Å²) in [7, 11) is 0. The van der Waals surface area contributed by atoms with Crippen LogP contribution in [0, 0.1) is 0 Å². The fourth-order valence-electron chi connectivity index (χ4n) is 1.97. The molecular formula is C15H18N2O2S. The highest BCUT2D eigenvalue weighted by molar-refractivity contribution is 7.10. The highest BCUT2D eigenvalue weighted by Crippen LogP contribution is 2.23. The van der Waals surface area contributed by atoms with Gasteiger partial charge in [-0.3, -0.25) is 4.79 Å². The third-order valence-electron chi connectivity index (χ3n) is 2.95. The van der Waals surface area contributed by atoms with E-state index in [0.717, 1.165) is 16.1 Å². The van der Waals surface area contributed by atoms with Gasteiger partial charge in [0.2, 0.25) is 5.91 Å². The molecule has 4 nitrogen and oxygen atoms in total. The molecule has 0 unspecified atom stereocenters. The van der Waals surface area contributed by atoms with Crippen LogP contribution < -0.4 is 10.6 Å². The number of benzene rings is 1.